The molecule has 2 fully saturated rings. The van der Waals surface area contributed by atoms with Gasteiger partial charge in [-0.15, -0.1) is 0 Å². The van der Waals surface area contributed by atoms with Crippen LogP contribution in [-0.2, 0) is 14.3 Å². The smallest absolute Gasteiger partial charge is 0.234 e. The lowest BCUT2D eigenvalue weighted by molar-refractivity contribution is -0.132. The number of benzene rings is 1. The Balaban J connectivity index is 1.64. The Hall–Kier alpha value is -2.34. The first-order valence-electron chi connectivity index (χ1n) is 8.58. The highest BCUT2D eigenvalue weighted by Gasteiger charge is 2.67. The van der Waals surface area contributed by atoms with Crippen LogP contribution >= 0.6 is 0 Å². The third-order valence-electron chi connectivity index (χ3n) is 5.22. The van der Waals surface area contributed by atoms with E-state index in [0.29, 0.717) is 6.54 Å². The number of hydrogen-bond acceptors (Lipinski definition) is 4. The van der Waals surface area contributed by atoms with Crippen LogP contribution in [0.25, 0.3) is 0 Å². The van der Waals surface area contributed by atoms with Gasteiger partial charge in [-0.2, -0.15) is 0 Å². The molecule has 0 radical (unpaired) electrons. The van der Waals surface area contributed by atoms with E-state index in [9.17, 15) is 9.59 Å². The molecule has 6 heteroatoms. The van der Waals surface area contributed by atoms with Crippen molar-refractivity contribution in [1.29, 1.82) is 0 Å². The highest BCUT2D eigenvalue weighted by molar-refractivity contribution is 6.03. The van der Waals surface area contributed by atoms with Gasteiger partial charge in [-0.1, -0.05) is 12.2 Å². The second kappa shape index (κ2) is 5.59. The number of nitrogens with one attached hydrogen (secondary N) is 1. The van der Waals surface area contributed by atoms with Gasteiger partial charge >= 0.3 is 0 Å². The van der Waals surface area contributed by atoms with Gasteiger partial charge in [-0.05, 0) is 38.1 Å². The number of nitrogens with zero attached hydrogens (tertiary/aromatic N) is 1. The van der Waals surface area contributed by atoms with Gasteiger partial charge in [-0.3, -0.25) is 9.59 Å². The van der Waals surface area contributed by atoms with Gasteiger partial charge in [0.05, 0.1) is 31.6 Å². The Kier molecular flexibility index (Phi) is 3.61. The minimum atomic E-state index is -0.694. The number of carbonyl (C=O) groups is 2. The van der Waals surface area contributed by atoms with Crippen molar-refractivity contribution in [1.82, 2.24) is 5.32 Å². The van der Waals surface area contributed by atoms with Crippen LogP contribution < -0.4 is 15.0 Å². The first-order chi connectivity index (χ1) is 11.9. The van der Waals surface area contributed by atoms with Crippen LogP contribution in [0.1, 0.15) is 13.8 Å². The summed E-state index contributed by atoms with van der Waals surface area (Å²) in [6.07, 6.45) is 3.57. The molecule has 0 unspecified atom stereocenters. The van der Waals surface area contributed by atoms with Crippen molar-refractivity contribution in [2.24, 2.45) is 11.8 Å². The predicted molar refractivity (Wildman–Crippen MR) is 92.3 cm³/mol. The molecule has 0 aliphatic carbocycles. The first-order valence-corrected chi connectivity index (χ1v) is 8.58. The SMILES string of the molecule is COc1ccc(N2C[C@@]34C=C[C@@H](O3)[C@@H](C(=O)NC(C)C)[C@H]4C2=O)cc1. The van der Waals surface area contributed by atoms with Crippen LogP contribution in [0.3, 0.4) is 0 Å². The zero-order valence-corrected chi connectivity index (χ0v) is 14.6. The molecule has 4 atom stereocenters. The summed E-state index contributed by atoms with van der Waals surface area (Å²) in [6, 6.07) is 7.39. The number of methoxy groups -OCH3 is 1. The van der Waals surface area contributed by atoms with E-state index in [1.54, 1.807) is 12.0 Å². The molecular weight excluding hydrogens is 320 g/mol. The van der Waals surface area contributed by atoms with Crippen molar-refractivity contribution in [2.75, 3.05) is 18.6 Å². The molecule has 6 nitrogen and oxygen atoms in total. The third kappa shape index (κ3) is 2.35. The molecule has 0 saturated carbocycles. The van der Waals surface area contributed by atoms with E-state index in [1.165, 1.54) is 0 Å². The van der Waals surface area contributed by atoms with Gasteiger partial charge in [0.15, 0.2) is 0 Å². The minimum Gasteiger partial charge on any atom is -0.497 e. The van der Waals surface area contributed by atoms with E-state index < -0.39 is 17.4 Å². The average molecular weight is 342 g/mol. The Morgan fingerprint density at radius 2 is 2.08 bits per heavy atom. The summed E-state index contributed by atoms with van der Waals surface area (Å²) in [4.78, 5) is 27.5. The fourth-order valence-electron chi connectivity index (χ4n) is 4.16. The summed E-state index contributed by atoms with van der Waals surface area (Å²) in [7, 11) is 1.61. The van der Waals surface area contributed by atoms with Gasteiger partial charge in [0.1, 0.15) is 11.4 Å². The highest BCUT2D eigenvalue weighted by atomic mass is 16.5. The van der Waals surface area contributed by atoms with Crippen LogP contribution in [0.4, 0.5) is 5.69 Å². The zero-order chi connectivity index (χ0) is 17.8. The molecule has 2 saturated heterocycles. The lowest BCUT2D eigenvalue weighted by Gasteiger charge is -2.24. The fourth-order valence-corrected chi connectivity index (χ4v) is 4.16. The van der Waals surface area contributed by atoms with Gasteiger partial charge in [0.2, 0.25) is 11.8 Å². The number of ether oxygens (including phenoxy) is 2. The van der Waals surface area contributed by atoms with Crippen molar-refractivity contribution < 1.29 is 19.1 Å². The third-order valence-corrected chi connectivity index (χ3v) is 5.22. The number of amides is 2. The summed E-state index contributed by atoms with van der Waals surface area (Å²) in [5.41, 5.74) is 0.0961. The van der Waals surface area contributed by atoms with E-state index in [2.05, 4.69) is 5.32 Å². The normalized spacial score (nSPS) is 32.4. The van der Waals surface area contributed by atoms with Crippen LogP contribution in [0.5, 0.6) is 5.75 Å². The van der Waals surface area contributed by atoms with Gasteiger partial charge < -0.3 is 19.7 Å². The first kappa shape index (κ1) is 16.1. The molecule has 132 valence electrons. The monoisotopic (exact) mass is 342 g/mol. The summed E-state index contributed by atoms with van der Waals surface area (Å²) in [5, 5.41) is 2.93. The maximum Gasteiger partial charge on any atom is 0.234 e. The second-order valence-corrected chi connectivity index (χ2v) is 7.19. The van der Waals surface area contributed by atoms with Gasteiger partial charge in [0, 0.05) is 11.7 Å². The van der Waals surface area contributed by atoms with E-state index in [1.807, 2.05) is 50.3 Å². The van der Waals surface area contributed by atoms with Crippen LogP contribution in [-0.4, -0.2) is 43.2 Å². The Morgan fingerprint density at radius 1 is 1.36 bits per heavy atom. The van der Waals surface area contributed by atoms with Crippen molar-refractivity contribution in [3.63, 3.8) is 0 Å². The molecule has 1 N–H and O–H groups in total. The number of fused-ring (bicyclic) bond motifs is 1. The average Bonchev–Trinajstić information content (AvgIpc) is 3.22. The van der Waals surface area contributed by atoms with E-state index in [0.717, 1.165) is 11.4 Å². The Bertz CT molecular complexity index is 742. The van der Waals surface area contributed by atoms with Crippen molar-refractivity contribution >= 4 is 17.5 Å². The maximum absolute atomic E-state index is 13.1. The molecule has 1 aromatic carbocycles. The minimum absolute atomic E-state index is 0.0285. The molecule has 4 rings (SSSR count). The van der Waals surface area contributed by atoms with Crippen molar-refractivity contribution in [3.8, 4) is 5.75 Å². The zero-order valence-electron chi connectivity index (χ0n) is 14.6. The molecule has 2 bridgehead atoms. The summed E-state index contributed by atoms with van der Waals surface area (Å²) >= 11 is 0. The van der Waals surface area contributed by atoms with E-state index in [4.69, 9.17) is 9.47 Å². The maximum atomic E-state index is 13.1. The molecule has 3 aliphatic rings. The van der Waals surface area contributed by atoms with E-state index in [-0.39, 0.29) is 24.0 Å². The number of hydrogen-bond donors (Lipinski definition) is 1. The van der Waals surface area contributed by atoms with Crippen LogP contribution in [0, 0.1) is 11.8 Å². The van der Waals surface area contributed by atoms with Gasteiger partial charge in [-0.25, -0.2) is 0 Å². The van der Waals surface area contributed by atoms with Crippen LogP contribution in [0.2, 0.25) is 0 Å². The molecular formula is C19H22N2O4. The summed E-state index contributed by atoms with van der Waals surface area (Å²) in [6.45, 7) is 4.26. The Labute approximate surface area is 146 Å². The van der Waals surface area contributed by atoms with E-state index >= 15 is 0 Å². The second-order valence-electron chi connectivity index (χ2n) is 7.19. The molecule has 3 heterocycles. The summed E-state index contributed by atoms with van der Waals surface area (Å²) in [5.74, 6) is -0.367. The fraction of sp³-hybridized carbons (Fsp3) is 0.474. The molecule has 1 spiro atoms. The quantitative estimate of drug-likeness (QED) is 0.842. The number of rotatable bonds is 4. The summed E-state index contributed by atoms with van der Waals surface area (Å²) < 4.78 is 11.3. The predicted octanol–water partition coefficient (Wildman–Crippen LogP) is 1.51. The highest BCUT2D eigenvalue weighted by Crippen LogP contribution is 2.52. The van der Waals surface area contributed by atoms with Crippen molar-refractivity contribution in [2.45, 2.75) is 31.6 Å². The molecule has 3 aliphatic heterocycles. The lowest BCUT2D eigenvalue weighted by Crippen LogP contribution is -2.45. The van der Waals surface area contributed by atoms with Gasteiger partial charge in [0.25, 0.3) is 0 Å². The molecule has 1 aromatic rings. The molecule has 25 heavy (non-hydrogen) atoms. The Morgan fingerprint density at radius 3 is 2.72 bits per heavy atom. The topological polar surface area (TPSA) is 67.9 Å². The standard InChI is InChI=1S/C19H22N2O4/c1-11(2)20-17(22)15-14-8-9-19(25-14)10-21(18(23)16(15)19)12-4-6-13(24-3)7-5-12/h4-9,11,14-16H,10H2,1-3H3,(H,20,22)/t14-,15-,16+,19-/m1/s1. The lowest BCUT2D eigenvalue weighted by atomic mass is 9.76. The number of carbonyl (C=O) groups excluding carboxylic acids is 2. The molecule has 2 amide bonds. The van der Waals surface area contributed by atoms with Crippen LogP contribution in [0.15, 0.2) is 36.4 Å². The molecule has 0 aromatic heterocycles. The van der Waals surface area contributed by atoms with Crippen molar-refractivity contribution in [3.05, 3.63) is 36.4 Å². The number of anilines is 1. The largest absolute Gasteiger partial charge is 0.497 e.